The van der Waals surface area contributed by atoms with Crippen LogP contribution < -0.4 is 5.73 Å². The number of hydrogen-bond acceptors (Lipinski definition) is 4. The minimum absolute atomic E-state index is 0.0655. The van der Waals surface area contributed by atoms with Gasteiger partial charge in [0.15, 0.2) is 0 Å². The molecule has 0 aliphatic heterocycles. The second-order valence-corrected chi connectivity index (χ2v) is 7.38. The van der Waals surface area contributed by atoms with Crippen LogP contribution in [-0.2, 0) is 16.2 Å². The molecule has 9 heteroatoms. The number of nitrogens with zero attached hydrogens (tertiary/aromatic N) is 2. The van der Waals surface area contributed by atoms with E-state index in [1.807, 2.05) is 0 Å². The summed E-state index contributed by atoms with van der Waals surface area (Å²) in [7, 11) is -3.66. The Balaban J connectivity index is 2.51. The average molecular weight is 333 g/mol. The molecule has 0 bridgehead atoms. The van der Waals surface area contributed by atoms with Crippen molar-refractivity contribution in [2.75, 3.05) is 5.73 Å². The molecule has 0 saturated heterocycles. The van der Waals surface area contributed by atoms with Gasteiger partial charge in [0.05, 0.1) is 23.2 Å². The summed E-state index contributed by atoms with van der Waals surface area (Å²) in [4.78, 5) is 0. The molecule has 0 atom stereocenters. The van der Waals surface area contributed by atoms with E-state index in [0.29, 0.717) is 0 Å². The fraction of sp³-hybridized carbons (Fsp3) is 0.308. The highest BCUT2D eigenvalue weighted by molar-refractivity contribution is 7.90. The number of nitrogen functional groups attached to an aromatic ring is 1. The predicted molar refractivity (Wildman–Crippen MR) is 76.5 cm³/mol. The molecule has 2 aromatic rings. The molecule has 120 valence electrons. The second-order valence-electron chi connectivity index (χ2n) is 5.04. The first-order valence-corrected chi connectivity index (χ1v) is 7.79. The Bertz CT molecular complexity index is 795. The highest BCUT2D eigenvalue weighted by Gasteiger charge is 2.31. The van der Waals surface area contributed by atoms with Crippen molar-refractivity contribution < 1.29 is 21.6 Å². The minimum atomic E-state index is -4.54. The molecular weight excluding hydrogens is 319 g/mol. The van der Waals surface area contributed by atoms with Gasteiger partial charge in [0.1, 0.15) is 0 Å². The van der Waals surface area contributed by atoms with Crippen molar-refractivity contribution in [1.29, 1.82) is 0 Å². The van der Waals surface area contributed by atoms with Gasteiger partial charge in [-0.2, -0.15) is 22.4 Å². The number of halogens is 3. The van der Waals surface area contributed by atoms with Crippen molar-refractivity contribution in [2.24, 2.45) is 0 Å². The van der Waals surface area contributed by atoms with Crippen LogP contribution in [0.15, 0.2) is 30.6 Å². The van der Waals surface area contributed by atoms with Crippen molar-refractivity contribution >= 4 is 15.7 Å². The van der Waals surface area contributed by atoms with Crippen LogP contribution in [0.1, 0.15) is 19.4 Å². The van der Waals surface area contributed by atoms with E-state index in [9.17, 15) is 21.6 Å². The molecule has 2 N–H and O–H groups in total. The van der Waals surface area contributed by atoms with Crippen LogP contribution in [0, 0.1) is 0 Å². The number of anilines is 1. The van der Waals surface area contributed by atoms with E-state index in [-0.39, 0.29) is 16.8 Å². The van der Waals surface area contributed by atoms with Gasteiger partial charge in [0.25, 0.3) is 10.0 Å². The summed E-state index contributed by atoms with van der Waals surface area (Å²) in [6, 6.07) is 3.05. The standard InChI is InChI=1S/C13H14F3N3O2S/c1-8(2)22(20,21)19-7-10(6-18-19)9-3-11(13(14,15)16)5-12(17)4-9/h3-8H,17H2,1-2H3. The Morgan fingerprint density at radius 2 is 1.82 bits per heavy atom. The van der Waals surface area contributed by atoms with Crippen LogP contribution in [-0.4, -0.2) is 22.9 Å². The lowest BCUT2D eigenvalue weighted by Crippen LogP contribution is -2.22. The zero-order chi connectivity index (χ0) is 16.7. The molecule has 0 aliphatic carbocycles. The maximum absolute atomic E-state index is 12.8. The lowest BCUT2D eigenvalue weighted by Gasteiger charge is -2.09. The van der Waals surface area contributed by atoms with Crippen LogP contribution in [0.2, 0.25) is 0 Å². The van der Waals surface area contributed by atoms with Crippen molar-refractivity contribution in [3.05, 3.63) is 36.2 Å². The van der Waals surface area contributed by atoms with Crippen molar-refractivity contribution in [1.82, 2.24) is 9.19 Å². The number of benzene rings is 1. The zero-order valence-corrected chi connectivity index (χ0v) is 12.6. The highest BCUT2D eigenvalue weighted by atomic mass is 32.2. The minimum Gasteiger partial charge on any atom is -0.399 e. The van der Waals surface area contributed by atoms with E-state index < -0.39 is 27.0 Å². The van der Waals surface area contributed by atoms with E-state index >= 15 is 0 Å². The molecule has 0 saturated carbocycles. The molecule has 1 aromatic carbocycles. The van der Waals surface area contributed by atoms with E-state index in [1.165, 1.54) is 32.3 Å². The molecule has 0 aliphatic rings. The van der Waals surface area contributed by atoms with E-state index in [0.717, 1.165) is 16.2 Å². The molecule has 2 rings (SSSR count). The quantitative estimate of drug-likeness (QED) is 0.876. The SMILES string of the molecule is CC(C)S(=O)(=O)n1cc(-c2cc(N)cc(C(F)(F)F)c2)cn1. The number of nitrogens with two attached hydrogens (primary N) is 1. The Morgan fingerprint density at radius 1 is 1.18 bits per heavy atom. The van der Waals surface area contributed by atoms with E-state index in [2.05, 4.69) is 5.10 Å². The summed E-state index contributed by atoms with van der Waals surface area (Å²) in [5.74, 6) is 0. The Morgan fingerprint density at radius 3 is 2.36 bits per heavy atom. The van der Waals surface area contributed by atoms with Crippen LogP contribution in [0.25, 0.3) is 11.1 Å². The Kier molecular flexibility index (Phi) is 3.94. The summed E-state index contributed by atoms with van der Waals surface area (Å²) in [6.45, 7) is 2.97. The Hall–Kier alpha value is -2.03. The van der Waals surface area contributed by atoms with Gasteiger partial charge >= 0.3 is 6.18 Å². The fourth-order valence-electron chi connectivity index (χ4n) is 1.79. The third kappa shape index (κ3) is 3.08. The molecule has 0 spiro atoms. The summed E-state index contributed by atoms with van der Waals surface area (Å²) < 4.78 is 63.1. The molecule has 0 unspecified atom stereocenters. The molecule has 1 aromatic heterocycles. The largest absolute Gasteiger partial charge is 0.416 e. The van der Waals surface area contributed by atoms with Gasteiger partial charge in [0.2, 0.25) is 0 Å². The smallest absolute Gasteiger partial charge is 0.399 e. The number of alkyl halides is 3. The molecule has 0 amide bonds. The van der Waals surface area contributed by atoms with Crippen molar-refractivity contribution in [3.8, 4) is 11.1 Å². The Labute approximate surface area is 125 Å². The van der Waals surface area contributed by atoms with Gasteiger partial charge in [-0.05, 0) is 37.6 Å². The molecule has 1 heterocycles. The lowest BCUT2D eigenvalue weighted by atomic mass is 10.0. The van der Waals surface area contributed by atoms with Crippen LogP contribution in [0.5, 0.6) is 0 Å². The van der Waals surface area contributed by atoms with Crippen LogP contribution >= 0.6 is 0 Å². The average Bonchev–Trinajstić information content (AvgIpc) is 2.86. The van der Waals surface area contributed by atoms with E-state index in [1.54, 1.807) is 0 Å². The van der Waals surface area contributed by atoms with Crippen molar-refractivity contribution in [3.63, 3.8) is 0 Å². The lowest BCUT2D eigenvalue weighted by molar-refractivity contribution is -0.137. The highest BCUT2D eigenvalue weighted by Crippen LogP contribution is 2.34. The fourth-order valence-corrected chi connectivity index (χ4v) is 2.66. The number of aromatic nitrogens is 2. The van der Waals surface area contributed by atoms with E-state index in [4.69, 9.17) is 5.73 Å². The van der Waals surface area contributed by atoms with Crippen molar-refractivity contribution in [2.45, 2.75) is 25.3 Å². The summed E-state index contributed by atoms with van der Waals surface area (Å²) in [5.41, 5.74) is 4.91. The summed E-state index contributed by atoms with van der Waals surface area (Å²) >= 11 is 0. The third-order valence-corrected chi connectivity index (χ3v) is 4.95. The second kappa shape index (κ2) is 5.31. The number of hydrogen-bond donors (Lipinski definition) is 1. The van der Waals surface area contributed by atoms with Gasteiger partial charge in [-0.15, -0.1) is 0 Å². The summed E-state index contributed by atoms with van der Waals surface area (Å²) in [5, 5.41) is 3.01. The first kappa shape index (κ1) is 16.3. The first-order valence-electron chi connectivity index (χ1n) is 6.29. The molecule has 0 radical (unpaired) electrons. The normalized spacial score (nSPS) is 12.8. The van der Waals surface area contributed by atoms with Gasteiger partial charge in [0, 0.05) is 11.3 Å². The number of rotatable bonds is 3. The van der Waals surface area contributed by atoms with Gasteiger partial charge in [-0.3, -0.25) is 0 Å². The molecule has 5 nitrogen and oxygen atoms in total. The van der Waals surface area contributed by atoms with Crippen LogP contribution in [0.3, 0.4) is 0 Å². The summed E-state index contributed by atoms with van der Waals surface area (Å²) in [6.07, 6.45) is -2.18. The molecular formula is C13H14F3N3O2S. The monoisotopic (exact) mass is 333 g/mol. The van der Waals surface area contributed by atoms with Gasteiger partial charge in [-0.25, -0.2) is 8.42 Å². The topological polar surface area (TPSA) is 78.0 Å². The molecule has 0 fully saturated rings. The first-order chi connectivity index (χ1) is 10.0. The third-order valence-electron chi connectivity index (χ3n) is 3.03. The maximum Gasteiger partial charge on any atom is 0.416 e. The van der Waals surface area contributed by atoms with Crippen LogP contribution in [0.4, 0.5) is 18.9 Å². The zero-order valence-electron chi connectivity index (χ0n) is 11.8. The predicted octanol–water partition coefficient (Wildman–Crippen LogP) is 2.74. The maximum atomic E-state index is 12.8. The van der Waals surface area contributed by atoms with Gasteiger partial charge in [-0.1, -0.05) is 0 Å². The van der Waals surface area contributed by atoms with Gasteiger partial charge < -0.3 is 5.73 Å². The molecule has 22 heavy (non-hydrogen) atoms.